The zero-order valence-corrected chi connectivity index (χ0v) is 15.0. The fraction of sp³-hybridized carbons (Fsp3) is 0.160. The predicted molar refractivity (Wildman–Crippen MR) is 110 cm³/mol. The number of allylic oxidation sites excluding steroid dienone is 2. The van der Waals surface area contributed by atoms with E-state index in [0.29, 0.717) is 0 Å². The lowest BCUT2D eigenvalue weighted by molar-refractivity contribution is 1.16. The summed E-state index contributed by atoms with van der Waals surface area (Å²) in [6, 6.07) is 22.0. The van der Waals surface area contributed by atoms with Crippen molar-refractivity contribution in [2.45, 2.75) is 26.2 Å². The van der Waals surface area contributed by atoms with Crippen LogP contribution >= 0.6 is 0 Å². The molecule has 2 aliphatic rings. The van der Waals surface area contributed by atoms with E-state index in [0.717, 1.165) is 24.9 Å². The molecule has 0 aliphatic heterocycles. The molecule has 3 aromatic rings. The monoisotopic (exact) mass is 335 g/mol. The molecule has 26 heavy (non-hydrogen) atoms. The van der Waals surface area contributed by atoms with Gasteiger partial charge in [-0.2, -0.15) is 0 Å². The van der Waals surface area contributed by atoms with Crippen LogP contribution in [0.15, 0.2) is 77.3 Å². The van der Waals surface area contributed by atoms with Crippen molar-refractivity contribution in [1.82, 2.24) is 0 Å². The quantitative estimate of drug-likeness (QED) is 0.312. The van der Waals surface area contributed by atoms with Gasteiger partial charge in [-0.1, -0.05) is 54.1 Å². The van der Waals surface area contributed by atoms with Gasteiger partial charge in [-0.25, -0.2) is 0 Å². The molecule has 0 amide bonds. The van der Waals surface area contributed by atoms with Gasteiger partial charge in [-0.15, -0.1) is 0 Å². The van der Waals surface area contributed by atoms with Gasteiger partial charge in [0.1, 0.15) is 0 Å². The molecule has 0 saturated heterocycles. The Balaban J connectivity index is 1.41. The van der Waals surface area contributed by atoms with E-state index in [9.17, 15) is 0 Å². The number of rotatable bonds is 2. The van der Waals surface area contributed by atoms with E-state index in [-0.39, 0.29) is 0 Å². The minimum absolute atomic E-state index is 1.03. The van der Waals surface area contributed by atoms with Crippen molar-refractivity contribution in [3.05, 3.63) is 100 Å². The zero-order chi connectivity index (χ0) is 17.5. The summed E-state index contributed by atoms with van der Waals surface area (Å²) in [5.74, 6) is 0. The Kier molecular flexibility index (Phi) is 3.60. The number of hydrogen-bond acceptors (Lipinski definition) is 1. The molecule has 1 heteroatoms. The Morgan fingerprint density at radius 3 is 2.50 bits per heavy atom. The molecule has 0 unspecified atom stereocenters. The second-order valence-electron chi connectivity index (χ2n) is 7.26. The van der Waals surface area contributed by atoms with E-state index in [1.165, 1.54) is 44.5 Å². The second-order valence-corrected chi connectivity index (χ2v) is 7.26. The molecule has 2 aliphatic carbocycles. The van der Waals surface area contributed by atoms with Crippen LogP contribution in [0.1, 0.15) is 34.7 Å². The maximum Gasteiger partial charge on any atom is 0.0632 e. The fourth-order valence-electron chi connectivity index (χ4n) is 4.18. The summed E-state index contributed by atoms with van der Waals surface area (Å²) >= 11 is 0. The first-order chi connectivity index (χ1) is 12.8. The summed E-state index contributed by atoms with van der Waals surface area (Å²) in [5, 5.41) is 0. The van der Waals surface area contributed by atoms with Crippen molar-refractivity contribution in [2.24, 2.45) is 4.99 Å². The fourth-order valence-corrected chi connectivity index (χ4v) is 4.18. The SMILES string of the molecule is C/C=C1\Cc2ccc(N=Cc3ccc4c(c3)Cc3ccccc3-4)cc2C1. The van der Waals surface area contributed by atoms with E-state index in [2.05, 4.69) is 73.7 Å². The van der Waals surface area contributed by atoms with Crippen molar-refractivity contribution in [1.29, 1.82) is 0 Å². The van der Waals surface area contributed by atoms with Gasteiger partial charge in [-0.05, 0) is 83.3 Å². The summed E-state index contributed by atoms with van der Waals surface area (Å²) < 4.78 is 0. The molecule has 0 saturated carbocycles. The van der Waals surface area contributed by atoms with E-state index in [4.69, 9.17) is 4.99 Å². The molecule has 0 spiro atoms. The topological polar surface area (TPSA) is 12.4 Å². The second kappa shape index (κ2) is 6.10. The Morgan fingerprint density at radius 2 is 1.58 bits per heavy atom. The molecule has 0 fully saturated rings. The minimum Gasteiger partial charge on any atom is -0.256 e. The number of hydrogen-bond donors (Lipinski definition) is 0. The van der Waals surface area contributed by atoms with Crippen LogP contribution in [0.5, 0.6) is 0 Å². The van der Waals surface area contributed by atoms with Gasteiger partial charge < -0.3 is 0 Å². The van der Waals surface area contributed by atoms with Crippen LogP contribution in [-0.4, -0.2) is 6.21 Å². The highest BCUT2D eigenvalue weighted by atomic mass is 14.7. The van der Waals surface area contributed by atoms with Crippen LogP contribution in [0, 0.1) is 0 Å². The largest absolute Gasteiger partial charge is 0.256 e. The number of benzene rings is 3. The molecule has 3 aromatic carbocycles. The molecular formula is C25H21N. The summed E-state index contributed by atoms with van der Waals surface area (Å²) in [6.45, 7) is 2.13. The normalized spacial score (nSPS) is 16.1. The lowest BCUT2D eigenvalue weighted by Gasteiger charge is -2.02. The van der Waals surface area contributed by atoms with E-state index in [1.807, 2.05) is 6.21 Å². The number of nitrogens with zero attached hydrogens (tertiary/aromatic N) is 1. The van der Waals surface area contributed by atoms with Gasteiger partial charge in [0, 0.05) is 6.21 Å². The maximum atomic E-state index is 4.74. The molecule has 0 atom stereocenters. The summed E-state index contributed by atoms with van der Waals surface area (Å²) in [5.41, 5.74) is 12.2. The Hall–Kier alpha value is -2.93. The highest BCUT2D eigenvalue weighted by Crippen LogP contribution is 2.36. The van der Waals surface area contributed by atoms with Crippen LogP contribution in [0.2, 0.25) is 0 Å². The standard InChI is InChI=1S/C25H21N/c1-2-17-11-19-8-9-23(15-21(19)12-17)26-16-18-7-10-25-22(13-18)14-20-5-3-4-6-24(20)25/h2-10,13,15-16H,11-12,14H2,1H3/b17-2+,26-16?. The van der Waals surface area contributed by atoms with Crippen molar-refractivity contribution < 1.29 is 0 Å². The van der Waals surface area contributed by atoms with Gasteiger partial charge in [0.05, 0.1) is 5.69 Å². The third-order valence-electron chi connectivity index (χ3n) is 5.61. The number of fused-ring (bicyclic) bond motifs is 4. The van der Waals surface area contributed by atoms with Gasteiger partial charge in [0.15, 0.2) is 0 Å². The van der Waals surface area contributed by atoms with Crippen LogP contribution < -0.4 is 0 Å². The molecule has 0 N–H and O–H groups in total. The summed E-state index contributed by atoms with van der Waals surface area (Å²) in [6.07, 6.45) is 7.44. The third-order valence-corrected chi connectivity index (χ3v) is 5.61. The Labute approximate surface area is 154 Å². The smallest absolute Gasteiger partial charge is 0.0632 e. The lowest BCUT2D eigenvalue weighted by atomic mass is 10.0. The summed E-state index contributed by atoms with van der Waals surface area (Å²) in [7, 11) is 0. The third kappa shape index (κ3) is 2.61. The molecule has 126 valence electrons. The molecular weight excluding hydrogens is 314 g/mol. The van der Waals surface area contributed by atoms with Gasteiger partial charge in [0.25, 0.3) is 0 Å². The first-order valence-electron chi connectivity index (χ1n) is 9.31. The highest BCUT2D eigenvalue weighted by molar-refractivity contribution is 5.86. The lowest BCUT2D eigenvalue weighted by Crippen LogP contribution is -1.86. The molecule has 0 bridgehead atoms. The van der Waals surface area contributed by atoms with Crippen molar-refractivity contribution in [3.63, 3.8) is 0 Å². The van der Waals surface area contributed by atoms with Crippen LogP contribution in [0.4, 0.5) is 5.69 Å². The van der Waals surface area contributed by atoms with Gasteiger partial charge in [0.2, 0.25) is 0 Å². The van der Waals surface area contributed by atoms with E-state index >= 15 is 0 Å². The van der Waals surface area contributed by atoms with Crippen LogP contribution in [0.3, 0.4) is 0 Å². The van der Waals surface area contributed by atoms with Crippen LogP contribution in [0.25, 0.3) is 11.1 Å². The highest BCUT2D eigenvalue weighted by Gasteiger charge is 2.17. The number of aliphatic imine (C=N–C) groups is 1. The van der Waals surface area contributed by atoms with Crippen molar-refractivity contribution in [3.8, 4) is 11.1 Å². The maximum absolute atomic E-state index is 4.74. The summed E-state index contributed by atoms with van der Waals surface area (Å²) in [4.78, 5) is 4.74. The first-order valence-corrected chi connectivity index (χ1v) is 9.31. The van der Waals surface area contributed by atoms with Gasteiger partial charge in [-0.3, -0.25) is 4.99 Å². The average molecular weight is 335 g/mol. The van der Waals surface area contributed by atoms with Crippen molar-refractivity contribution in [2.75, 3.05) is 0 Å². The van der Waals surface area contributed by atoms with Crippen LogP contribution in [-0.2, 0) is 19.3 Å². The molecule has 0 heterocycles. The zero-order valence-electron chi connectivity index (χ0n) is 15.0. The molecule has 0 aromatic heterocycles. The van der Waals surface area contributed by atoms with E-state index in [1.54, 1.807) is 0 Å². The first kappa shape index (κ1) is 15.3. The van der Waals surface area contributed by atoms with Crippen molar-refractivity contribution >= 4 is 11.9 Å². The van der Waals surface area contributed by atoms with Gasteiger partial charge >= 0.3 is 0 Å². The average Bonchev–Trinajstić information content (AvgIpc) is 3.26. The molecule has 1 nitrogen and oxygen atoms in total. The Morgan fingerprint density at radius 1 is 0.731 bits per heavy atom. The molecule has 0 radical (unpaired) electrons. The minimum atomic E-state index is 1.03. The Bertz CT molecular complexity index is 1070. The molecule has 5 rings (SSSR count). The predicted octanol–water partition coefficient (Wildman–Crippen LogP) is 6.05. The van der Waals surface area contributed by atoms with E-state index < -0.39 is 0 Å².